The highest BCUT2D eigenvalue weighted by atomic mass is 35.5. The van der Waals surface area contributed by atoms with E-state index in [-0.39, 0.29) is 11.8 Å². The lowest BCUT2D eigenvalue weighted by Crippen LogP contribution is -2.29. The number of rotatable bonds is 7. The molecule has 6 heteroatoms. The van der Waals surface area contributed by atoms with Gasteiger partial charge in [-0.25, -0.2) is 0 Å². The molecule has 0 spiro atoms. The topological polar surface area (TPSA) is 61.4 Å². The van der Waals surface area contributed by atoms with Gasteiger partial charge in [-0.15, -0.1) is 0 Å². The molecular weight excluding hydrogens is 374 g/mol. The van der Waals surface area contributed by atoms with Gasteiger partial charge in [0.2, 0.25) is 5.91 Å². The molecule has 2 amide bonds. The van der Waals surface area contributed by atoms with Crippen LogP contribution >= 0.6 is 11.6 Å². The Labute approximate surface area is 171 Å². The lowest BCUT2D eigenvalue weighted by Gasteiger charge is -2.29. The van der Waals surface area contributed by atoms with Gasteiger partial charge in [0.1, 0.15) is 0 Å². The molecule has 0 atom stereocenters. The summed E-state index contributed by atoms with van der Waals surface area (Å²) in [7, 11) is 0. The van der Waals surface area contributed by atoms with Gasteiger partial charge >= 0.3 is 0 Å². The second kappa shape index (κ2) is 10.1. The molecule has 2 aromatic carbocycles. The first kappa shape index (κ1) is 20.2. The Kier molecular flexibility index (Phi) is 7.31. The number of hydrogen-bond acceptors (Lipinski definition) is 3. The molecule has 28 heavy (non-hydrogen) atoms. The van der Waals surface area contributed by atoms with E-state index < -0.39 is 0 Å². The van der Waals surface area contributed by atoms with E-state index in [4.69, 9.17) is 11.6 Å². The number of nitrogens with zero attached hydrogens (tertiary/aromatic N) is 1. The summed E-state index contributed by atoms with van der Waals surface area (Å²) < 4.78 is 0. The molecule has 3 rings (SSSR count). The first-order valence-corrected chi connectivity index (χ1v) is 10.2. The highest BCUT2D eigenvalue weighted by molar-refractivity contribution is 6.30. The predicted molar refractivity (Wildman–Crippen MR) is 114 cm³/mol. The summed E-state index contributed by atoms with van der Waals surface area (Å²) in [6, 6.07) is 14.7. The number of piperidine rings is 1. The van der Waals surface area contributed by atoms with Crippen LogP contribution in [0.15, 0.2) is 48.5 Å². The standard InChI is InChI=1S/C22H26ClN3O2/c23-18-11-9-17(10-12-18)22(28)24-13-5-8-21(27)25-19-6-4-7-20(16-19)26-14-2-1-3-15-26/h4,6-7,9-12,16H,1-3,5,8,13-15H2,(H,24,28)(H,25,27). The van der Waals surface area contributed by atoms with Gasteiger partial charge < -0.3 is 15.5 Å². The van der Waals surface area contributed by atoms with E-state index in [0.29, 0.717) is 30.0 Å². The molecule has 0 radical (unpaired) electrons. The van der Waals surface area contributed by atoms with Crippen LogP contribution in [0.5, 0.6) is 0 Å². The Bertz CT molecular complexity index is 802. The third-order valence-corrected chi connectivity index (χ3v) is 5.08. The minimum atomic E-state index is -0.161. The smallest absolute Gasteiger partial charge is 0.251 e. The fourth-order valence-electron chi connectivity index (χ4n) is 3.31. The van der Waals surface area contributed by atoms with Crippen molar-refractivity contribution in [3.8, 4) is 0 Å². The normalized spacial score (nSPS) is 13.8. The van der Waals surface area contributed by atoms with Gasteiger partial charge in [0.25, 0.3) is 5.91 Å². The van der Waals surface area contributed by atoms with E-state index in [2.05, 4.69) is 21.6 Å². The zero-order chi connectivity index (χ0) is 19.8. The van der Waals surface area contributed by atoms with Crippen molar-refractivity contribution in [3.63, 3.8) is 0 Å². The molecule has 1 heterocycles. The average molecular weight is 400 g/mol. The van der Waals surface area contributed by atoms with E-state index in [1.807, 2.05) is 18.2 Å². The lowest BCUT2D eigenvalue weighted by molar-refractivity contribution is -0.116. The lowest BCUT2D eigenvalue weighted by atomic mass is 10.1. The maximum absolute atomic E-state index is 12.2. The molecule has 1 saturated heterocycles. The number of carbonyl (C=O) groups excluding carboxylic acids is 2. The van der Waals surface area contributed by atoms with Crippen LogP contribution in [0.3, 0.4) is 0 Å². The van der Waals surface area contributed by atoms with Crippen LogP contribution in [-0.2, 0) is 4.79 Å². The summed E-state index contributed by atoms with van der Waals surface area (Å²) in [6.07, 6.45) is 4.67. The molecule has 0 aromatic heterocycles. The zero-order valence-corrected chi connectivity index (χ0v) is 16.7. The van der Waals surface area contributed by atoms with Crippen molar-refractivity contribution in [2.24, 2.45) is 0 Å². The summed E-state index contributed by atoms with van der Waals surface area (Å²) in [5, 5.41) is 6.37. The number of amides is 2. The van der Waals surface area contributed by atoms with Gasteiger partial charge in [0, 0.05) is 48.0 Å². The van der Waals surface area contributed by atoms with E-state index in [1.54, 1.807) is 24.3 Å². The largest absolute Gasteiger partial charge is 0.371 e. The van der Waals surface area contributed by atoms with E-state index in [1.165, 1.54) is 19.3 Å². The van der Waals surface area contributed by atoms with Crippen LogP contribution < -0.4 is 15.5 Å². The third kappa shape index (κ3) is 5.99. The van der Waals surface area contributed by atoms with Gasteiger partial charge in [-0.1, -0.05) is 17.7 Å². The van der Waals surface area contributed by atoms with Crippen LogP contribution in [0, 0.1) is 0 Å². The van der Waals surface area contributed by atoms with Gasteiger partial charge in [0.15, 0.2) is 0 Å². The quantitative estimate of drug-likeness (QED) is 0.675. The first-order chi connectivity index (χ1) is 13.6. The Morgan fingerprint density at radius 2 is 1.75 bits per heavy atom. The van der Waals surface area contributed by atoms with Crippen molar-refractivity contribution >= 4 is 34.8 Å². The minimum absolute atomic E-state index is 0.0449. The van der Waals surface area contributed by atoms with Crippen LogP contribution in [0.2, 0.25) is 5.02 Å². The molecule has 5 nitrogen and oxygen atoms in total. The number of benzene rings is 2. The molecule has 1 aliphatic rings. The molecule has 0 bridgehead atoms. The minimum Gasteiger partial charge on any atom is -0.371 e. The van der Waals surface area contributed by atoms with E-state index in [0.717, 1.165) is 24.5 Å². The second-order valence-corrected chi connectivity index (χ2v) is 7.45. The Morgan fingerprint density at radius 1 is 1.00 bits per heavy atom. The van der Waals surface area contributed by atoms with Gasteiger partial charge in [-0.3, -0.25) is 9.59 Å². The predicted octanol–water partition coefficient (Wildman–Crippen LogP) is 4.48. The molecule has 2 aromatic rings. The van der Waals surface area contributed by atoms with Crippen molar-refractivity contribution in [1.29, 1.82) is 0 Å². The van der Waals surface area contributed by atoms with Crippen molar-refractivity contribution in [2.75, 3.05) is 29.9 Å². The highest BCUT2D eigenvalue weighted by Crippen LogP contribution is 2.23. The molecule has 1 aliphatic heterocycles. The maximum Gasteiger partial charge on any atom is 0.251 e. The number of halogens is 1. The van der Waals surface area contributed by atoms with Crippen molar-refractivity contribution < 1.29 is 9.59 Å². The molecule has 0 saturated carbocycles. The first-order valence-electron chi connectivity index (χ1n) is 9.80. The summed E-state index contributed by atoms with van der Waals surface area (Å²) in [4.78, 5) is 26.6. The molecule has 0 unspecified atom stereocenters. The van der Waals surface area contributed by atoms with Crippen LogP contribution in [-0.4, -0.2) is 31.4 Å². The van der Waals surface area contributed by atoms with Crippen LogP contribution in [0.1, 0.15) is 42.5 Å². The summed E-state index contributed by atoms with van der Waals surface area (Å²) >= 11 is 5.82. The Morgan fingerprint density at radius 3 is 2.50 bits per heavy atom. The number of anilines is 2. The Hall–Kier alpha value is -2.53. The van der Waals surface area contributed by atoms with Crippen molar-refractivity contribution in [3.05, 3.63) is 59.1 Å². The number of carbonyl (C=O) groups is 2. The molecule has 1 fully saturated rings. The third-order valence-electron chi connectivity index (χ3n) is 4.82. The van der Waals surface area contributed by atoms with E-state index >= 15 is 0 Å². The van der Waals surface area contributed by atoms with Gasteiger partial charge in [-0.05, 0) is 68.1 Å². The number of hydrogen-bond donors (Lipinski definition) is 2. The maximum atomic E-state index is 12.2. The second-order valence-electron chi connectivity index (χ2n) is 7.01. The fraction of sp³-hybridized carbons (Fsp3) is 0.364. The highest BCUT2D eigenvalue weighted by Gasteiger charge is 2.12. The Balaban J connectivity index is 1.40. The van der Waals surface area contributed by atoms with Crippen LogP contribution in [0.25, 0.3) is 0 Å². The summed E-state index contributed by atoms with van der Waals surface area (Å²) in [5.74, 6) is -0.206. The van der Waals surface area contributed by atoms with Crippen LogP contribution in [0.4, 0.5) is 11.4 Å². The summed E-state index contributed by atoms with van der Waals surface area (Å²) in [5.41, 5.74) is 2.54. The molecule has 2 N–H and O–H groups in total. The van der Waals surface area contributed by atoms with Gasteiger partial charge in [-0.2, -0.15) is 0 Å². The molecular formula is C22H26ClN3O2. The SMILES string of the molecule is O=C(CCCNC(=O)c1ccc(Cl)cc1)Nc1cccc(N2CCCCC2)c1. The monoisotopic (exact) mass is 399 g/mol. The van der Waals surface area contributed by atoms with Gasteiger partial charge in [0.05, 0.1) is 0 Å². The van der Waals surface area contributed by atoms with E-state index in [9.17, 15) is 9.59 Å². The average Bonchev–Trinajstić information content (AvgIpc) is 2.72. The van der Waals surface area contributed by atoms with Crippen molar-refractivity contribution in [1.82, 2.24) is 5.32 Å². The fourth-order valence-corrected chi connectivity index (χ4v) is 3.44. The van der Waals surface area contributed by atoms with Crippen molar-refractivity contribution in [2.45, 2.75) is 32.1 Å². The summed E-state index contributed by atoms with van der Waals surface area (Å²) in [6.45, 7) is 2.60. The molecule has 148 valence electrons. The zero-order valence-electron chi connectivity index (χ0n) is 15.9. The molecule has 0 aliphatic carbocycles. The number of nitrogens with one attached hydrogen (secondary N) is 2.